The first-order chi connectivity index (χ1) is 16.6. The predicted molar refractivity (Wildman–Crippen MR) is 139 cm³/mol. The Labute approximate surface area is 208 Å². The standard InChI is InChI=1S/C26H25N3O4S2/c1-28(2)15-16-29(26-27-22-14-13-21(35(3,32)33)17-23(22)34-26)25(31)20-11-9-19(10-12-20)24(30)18-7-5-4-6-8-18/h4-14,17H,15-16H2,1-3H3. The maximum atomic E-state index is 13.5. The van der Waals surface area contributed by atoms with E-state index in [0.717, 1.165) is 6.26 Å². The molecule has 1 amide bonds. The minimum Gasteiger partial charge on any atom is -0.308 e. The molecule has 1 heterocycles. The lowest BCUT2D eigenvalue weighted by molar-refractivity contribution is 0.0982. The lowest BCUT2D eigenvalue weighted by Crippen LogP contribution is -2.36. The molecular formula is C26H25N3O4S2. The number of aromatic nitrogens is 1. The van der Waals surface area contributed by atoms with Gasteiger partial charge >= 0.3 is 0 Å². The summed E-state index contributed by atoms with van der Waals surface area (Å²) in [6, 6.07) is 20.4. The molecule has 0 aliphatic rings. The van der Waals surface area contributed by atoms with E-state index in [9.17, 15) is 18.0 Å². The Kier molecular flexibility index (Phi) is 7.11. The Morgan fingerprint density at radius 3 is 2.11 bits per heavy atom. The van der Waals surface area contributed by atoms with Gasteiger partial charge in [0, 0.05) is 36.0 Å². The van der Waals surface area contributed by atoms with Crippen molar-refractivity contribution in [1.82, 2.24) is 9.88 Å². The SMILES string of the molecule is CN(C)CCN(C(=O)c1ccc(C(=O)c2ccccc2)cc1)c1nc2ccc(S(C)(=O)=O)cc2s1. The molecule has 4 aromatic rings. The van der Waals surface area contributed by atoms with Crippen molar-refractivity contribution in [3.05, 3.63) is 89.5 Å². The molecule has 0 fully saturated rings. The molecule has 0 unspecified atom stereocenters. The van der Waals surface area contributed by atoms with Gasteiger partial charge in [-0.05, 0) is 44.4 Å². The number of fused-ring (bicyclic) bond motifs is 1. The Hall–Kier alpha value is -3.40. The van der Waals surface area contributed by atoms with Crippen LogP contribution in [-0.2, 0) is 9.84 Å². The Morgan fingerprint density at radius 1 is 0.857 bits per heavy atom. The molecule has 3 aromatic carbocycles. The minimum atomic E-state index is -3.35. The van der Waals surface area contributed by atoms with Crippen LogP contribution in [0, 0.1) is 0 Å². The molecule has 0 aliphatic carbocycles. The number of thiazole rings is 1. The van der Waals surface area contributed by atoms with E-state index in [1.807, 2.05) is 37.2 Å². The van der Waals surface area contributed by atoms with Crippen LogP contribution in [0.4, 0.5) is 5.13 Å². The number of sulfone groups is 1. The van der Waals surface area contributed by atoms with E-state index in [2.05, 4.69) is 4.98 Å². The van der Waals surface area contributed by atoms with Crippen LogP contribution in [0.2, 0.25) is 0 Å². The largest absolute Gasteiger partial charge is 0.308 e. The van der Waals surface area contributed by atoms with Crippen molar-refractivity contribution in [2.45, 2.75) is 4.90 Å². The quantitative estimate of drug-likeness (QED) is 0.333. The number of carbonyl (C=O) groups is 2. The predicted octanol–water partition coefficient (Wildman–Crippen LogP) is 4.14. The zero-order chi connectivity index (χ0) is 25.2. The number of rotatable bonds is 8. The van der Waals surface area contributed by atoms with Crippen molar-refractivity contribution in [2.24, 2.45) is 0 Å². The second-order valence-corrected chi connectivity index (χ2v) is 11.5. The number of amides is 1. The number of hydrogen-bond donors (Lipinski definition) is 0. The fraction of sp³-hybridized carbons (Fsp3) is 0.192. The van der Waals surface area contributed by atoms with Crippen LogP contribution in [0.25, 0.3) is 10.2 Å². The maximum absolute atomic E-state index is 13.5. The van der Waals surface area contributed by atoms with Crippen LogP contribution < -0.4 is 4.90 Å². The second-order valence-electron chi connectivity index (χ2n) is 8.43. The van der Waals surface area contributed by atoms with Gasteiger partial charge in [0.05, 0.1) is 15.1 Å². The summed E-state index contributed by atoms with van der Waals surface area (Å²) in [6.07, 6.45) is 1.16. The van der Waals surface area contributed by atoms with Crippen LogP contribution in [0.5, 0.6) is 0 Å². The summed E-state index contributed by atoms with van der Waals surface area (Å²) >= 11 is 1.27. The lowest BCUT2D eigenvalue weighted by Gasteiger charge is -2.22. The van der Waals surface area contributed by atoms with Gasteiger partial charge in [0.1, 0.15) is 0 Å². The first-order valence-corrected chi connectivity index (χ1v) is 13.6. The topological polar surface area (TPSA) is 87.7 Å². The van der Waals surface area contributed by atoms with E-state index in [4.69, 9.17) is 0 Å². The first kappa shape index (κ1) is 24.7. The van der Waals surface area contributed by atoms with E-state index in [0.29, 0.717) is 45.1 Å². The van der Waals surface area contributed by atoms with E-state index >= 15 is 0 Å². The number of hydrogen-bond acceptors (Lipinski definition) is 7. The van der Waals surface area contributed by atoms with Gasteiger partial charge in [-0.2, -0.15) is 0 Å². The van der Waals surface area contributed by atoms with E-state index in [-0.39, 0.29) is 16.6 Å². The lowest BCUT2D eigenvalue weighted by atomic mass is 10.0. The number of anilines is 1. The molecule has 180 valence electrons. The van der Waals surface area contributed by atoms with Crippen LogP contribution in [0.15, 0.2) is 77.7 Å². The monoisotopic (exact) mass is 507 g/mol. The summed E-state index contributed by atoms with van der Waals surface area (Å²) in [7, 11) is 0.487. The Balaban J connectivity index is 1.65. The third kappa shape index (κ3) is 5.64. The van der Waals surface area contributed by atoms with Crippen molar-refractivity contribution in [2.75, 3.05) is 38.3 Å². The fourth-order valence-electron chi connectivity index (χ4n) is 3.50. The number of nitrogens with zero attached hydrogens (tertiary/aromatic N) is 3. The molecule has 0 spiro atoms. The van der Waals surface area contributed by atoms with Gasteiger partial charge in [0.25, 0.3) is 5.91 Å². The smallest absolute Gasteiger partial charge is 0.260 e. The molecule has 7 nitrogen and oxygen atoms in total. The normalized spacial score (nSPS) is 11.7. The molecular weight excluding hydrogens is 482 g/mol. The number of likely N-dealkylation sites (N-methyl/N-ethyl adjacent to an activating group) is 1. The van der Waals surface area contributed by atoms with Crippen molar-refractivity contribution < 1.29 is 18.0 Å². The average molecular weight is 508 g/mol. The maximum Gasteiger partial charge on any atom is 0.260 e. The molecule has 0 saturated carbocycles. The number of carbonyl (C=O) groups excluding carboxylic acids is 2. The first-order valence-electron chi connectivity index (χ1n) is 10.9. The number of benzene rings is 3. The summed E-state index contributed by atoms with van der Waals surface area (Å²) in [5, 5.41) is 0.488. The van der Waals surface area contributed by atoms with Crippen molar-refractivity contribution in [1.29, 1.82) is 0 Å². The summed E-state index contributed by atoms with van der Waals surface area (Å²) in [5.41, 5.74) is 2.15. The van der Waals surface area contributed by atoms with Gasteiger partial charge in [0.15, 0.2) is 20.8 Å². The Bertz CT molecular complexity index is 1480. The van der Waals surface area contributed by atoms with E-state index in [1.165, 1.54) is 17.4 Å². The van der Waals surface area contributed by atoms with Crippen molar-refractivity contribution in [3.8, 4) is 0 Å². The van der Waals surface area contributed by atoms with Gasteiger partial charge in [0.2, 0.25) is 0 Å². The average Bonchev–Trinajstić information content (AvgIpc) is 3.26. The van der Waals surface area contributed by atoms with Crippen LogP contribution >= 0.6 is 11.3 Å². The number of ketones is 1. The highest BCUT2D eigenvalue weighted by molar-refractivity contribution is 7.90. The van der Waals surface area contributed by atoms with Gasteiger partial charge in [-0.25, -0.2) is 13.4 Å². The molecule has 9 heteroatoms. The van der Waals surface area contributed by atoms with Crippen LogP contribution in [0.3, 0.4) is 0 Å². The van der Waals surface area contributed by atoms with Crippen molar-refractivity contribution >= 4 is 48.2 Å². The third-order valence-electron chi connectivity index (χ3n) is 5.45. The minimum absolute atomic E-state index is 0.109. The molecule has 0 atom stereocenters. The van der Waals surface area contributed by atoms with E-state index in [1.54, 1.807) is 53.4 Å². The molecule has 0 aliphatic heterocycles. The molecule has 0 saturated heterocycles. The molecule has 4 rings (SSSR count). The van der Waals surface area contributed by atoms with Gasteiger partial charge in [-0.1, -0.05) is 53.8 Å². The van der Waals surface area contributed by atoms with Gasteiger partial charge in [-0.3, -0.25) is 14.5 Å². The molecule has 0 bridgehead atoms. The van der Waals surface area contributed by atoms with Gasteiger partial charge in [-0.15, -0.1) is 0 Å². The van der Waals surface area contributed by atoms with Crippen LogP contribution in [-0.4, -0.2) is 63.4 Å². The second kappa shape index (κ2) is 10.1. The highest BCUT2D eigenvalue weighted by atomic mass is 32.2. The zero-order valence-electron chi connectivity index (χ0n) is 19.6. The molecule has 0 N–H and O–H groups in total. The summed E-state index contributed by atoms with van der Waals surface area (Å²) in [4.78, 5) is 34.6. The van der Waals surface area contributed by atoms with Crippen LogP contribution in [0.1, 0.15) is 26.3 Å². The Morgan fingerprint density at radius 2 is 1.49 bits per heavy atom. The molecule has 0 radical (unpaired) electrons. The zero-order valence-corrected chi connectivity index (χ0v) is 21.3. The van der Waals surface area contributed by atoms with E-state index < -0.39 is 9.84 Å². The third-order valence-corrected chi connectivity index (χ3v) is 7.61. The molecule has 35 heavy (non-hydrogen) atoms. The summed E-state index contributed by atoms with van der Waals surface area (Å²) < 4.78 is 24.6. The molecule has 1 aromatic heterocycles. The fourth-order valence-corrected chi connectivity index (χ4v) is 5.25. The summed E-state index contributed by atoms with van der Waals surface area (Å²) in [6.45, 7) is 1.01. The highest BCUT2D eigenvalue weighted by Crippen LogP contribution is 2.31. The summed E-state index contributed by atoms with van der Waals surface area (Å²) in [5.74, 6) is -0.352. The highest BCUT2D eigenvalue weighted by Gasteiger charge is 2.22. The van der Waals surface area contributed by atoms with Crippen molar-refractivity contribution in [3.63, 3.8) is 0 Å². The van der Waals surface area contributed by atoms with Gasteiger partial charge < -0.3 is 4.90 Å².